The zero-order valence-electron chi connectivity index (χ0n) is 16.8. The van der Waals surface area contributed by atoms with Gasteiger partial charge in [-0.1, -0.05) is 97.8 Å². The fourth-order valence-corrected chi connectivity index (χ4v) is 0.306. The molecule has 0 spiro atoms. The third-order valence-corrected chi connectivity index (χ3v) is 4.04. The number of hydrogen-bond acceptors (Lipinski definition) is 3. The molecule has 0 rings (SSSR count). The Labute approximate surface area is 154 Å². The van der Waals surface area contributed by atoms with Gasteiger partial charge in [0.05, 0.1) is 0 Å². The Kier molecular flexibility index (Phi) is 23.3. The summed E-state index contributed by atoms with van der Waals surface area (Å²) in [6, 6.07) is 0. The van der Waals surface area contributed by atoms with Crippen LogP contribution in [0.1, 0.15) is 81.6 Å². The van der Waals surface area contributed by atoms with Crippen molar-refractivity contribution in [1.29, 1.82) is 0 Å². The van der Waals surface area contributed by atoms with E-state index in [-0.39, 0.29) is 36.1 Å². The molecule has 0 aliphatic carbocycles. The van der Waals surface area contributed by atoms with Gasteiger partial charge in [-0.05, 0) is 0 Å². The van der Waals surface area contributed by atoms with E-state index < -0.39 is 0 Å². The summed E-state index contributed by atoms with van der Waals surface area (Å²) >= 11 is 4.44. The van der Waals surface area contributed by atoms with Crippen LogP contribution in [0.5, 0.6) is 0 Å². The molecule has 0 aliphatic heterocycles. The van der Waals surface area contributed by atoms with E-state index in [2.05, 4.69) is 20.6 Å². The fraction of sp³-hybridized carbons (Fsp3) is 1.00. The molecular formula is C18H39ClO3Si. The van der Waals surface area contributed by atoms with Crippen LogP contribution in [0, 0.1) is 16.2 Å². The molecule has 0 fully saturated rings. The molecule has 0 amide bonds. The van der Waals surface area contributed by atoms with Crippen LogP contribution in [-0.4, -0.2) is 29.4 Å². The summed E-state index contributed by atoms with van der Waals surface area (Å²) in [7, 11) is 2.44. The summed E-state index contributed by atoms with van der Waals surface area (Å²) in [4.78, 5) is 0. The van der Waals surface area contributed by atoms with Crippen LogP contribution in [-0.2, 0) is 0 Å². The molecule has 0 radical (unpaired) electrons. The van der Waals surface area contributed by atoms with Crippen LogP contribution in [0.3, 0.4) is 0 Å². The second kappa shape index (κ2) is 17.2. The van der Waals surface area contributed by atoms with Crippen LogP contribution in [0.15, 0.2) is 0 Å². The minimum absolute atomic E-state index is 0.0278. The van der Waals surface area contributed by atoms with Gasteiger partial charge in [-0.25, -0.2) is 0 Å². The predicted molar refractivity (Wildman–Crippen MR) is 98.4 cm³/mol. The van der Waals surface area contributed by atoms with Gasteiger partial charge in [0.25, 0.3) is 0 Å². The molecule has 0 saturated carbocycles. The Balaban J connectivity index is -0.000000111. The fourth-order valence-electron chi connectivity index (χ4n) is 0.306. The average Bonchev–Trinajstić information content (AvgIpc) is 2.57. The van der Waals surface area contributed by atoms with Gasteiger partial charge in [0.1, 0.15) is 0 Å². The second-order valence-electron chi connectivity index (χ2n) is 7.99. The summed E-state index contributed by atoms with van der Waals surface area (Å²) < 4.78 is 0. The van der Waals surface area contributed by atoms with Crippen LogP contribution in [0.2, 0.25) is 0 Å². The topological polar surface area (TPSA) is 69.2 Å². The molecule has 0 atom stereocenters. The first-order valence-electron chi connectivity index (χ1n) is 8.30. The molecule has 140 valence electrons. The molecule has 23 heavy (non-hydrogen) atoms. The SMILES string of the molecule is CCC(C)(C)C[O-].CCC(C)(C)C[O-].CCC(C)(C)C[O-].[Si+3]Cl. The van der Waals surface area contributed by atoms with E-state index in [0.29, 0.717) is 0 Å². The molecule has 5 heteroatoms. The molecule has 3 nitrogen and oxygen atoms in total. The predicted octanol–water partition coefficient (Wildman–Crippen LogP) is 2.66. The molecule has 0 aromatic carbocycles. The van der Waals surface area contributed by atoms with Crippen molar-refractivity contribution < 1.29 is 15.3 Å². The van der Waals surface area contributed by atoms with Crippen LogP contribution in [0.4, 0.5) is 0 Å². The Hall–Kier alpha value is 0.387. The molecule has 0 N–H and O–H groups in total. The molecule has 0 aliphatic rings. The third-order valence-electron chi connectivity index (χ3n) is 4.04. The molecule has 0 saturated heterocycles. The summed E-state index contributed by atoms with van der Waals surface area (Å²) in [5, 5.41) is 30.5. The van der Waals surface area contributed by atoms with Gasteiger partial charge in [0, 0.05) is 0 Å². The van der Waals surface area contributed by atoms with Crippen molar-refractivity contribution in [2.75, 3.05) is 19.8 Å². The average molecular weight is 367 g/mol. The Morgan fingerprint density at radius 2 is 0.696 bits per heavy atom. The van der Waals surface area contributed by atoms with Gasteiger partial charge >= 0.3 is 20.6 Å². The van der Waals surface area contributed by atoms with Gasteiger partial charge in [-0.2, -0.15) is 0 Å². The van der Waals surface area contributed by atoms with Crippen molar-refractivity contribution in [3.63, 3.8) is 0 Å². The van der Waals surface area contributed by atoms with E-state index in [1.54, 1.807) is 0 Å². The number of rotatable bonds is 6. The van der Waals surface area contributed by atoms with Crippen molar-refractivity contribution in [2.45, 2.75) is 81.6 Å². The van der Waals surface area contributed by atoms with Gasteiger partial charge in [-0.15, -0.1) is 19.8 Å². The molecule has 0 aromatic rings. The zero-order chi connectivity index (χ0) is 19.7. The van der Waals surface area contributed by atoms with E-state index >= 15 is 0 Å². The van der Waals surface area contributed by atoms with Gasteiger partial charge in [0.2, 0.25) is 0 Å². The van der Waals surface area contributed by atoms with Crippen molar-refractivity contribution in [3.8, 4) is 0 Å². The van der Waals surface area contributed by atoms with E-state index in [0.717, 1.165) is 19.3 Å². The maximum atomic E-state index is 10.2. The molecule has 0 bridgehead atoms. The first-order valence-corrected chi connectivity index (χ1v) is 9.81. The Morgan fingerprint density at radius 1 is 0.565 bits per heavy atom. The summed E-state index contributed by atoms with van der Waals surface area (Å²) in [6.07, 6.45) is 2.95. The number of halogens is 1. The van der Waals surface area contributed by atoms with E-state index in [9.17, 15) is 15.3 Å². The molecular weight excluding hydrogens is 328 g/mol. The first-order chi connectivity index (χ1) is 10.4. The second-order valence-corrected chi connectivity index (χ2v) is 7.99. The van der Waals surface area contributed by atoms with Gasteiger partial charge in [0.15, 0.2) is 0 Å². The summed E-state index contributed by atoms with van der Waals surface area (Å²) in [5.74, 6) is 0. The van der Waals surface area contributed by atoms with Crippen molar-refractivity contribution in [2.24, 2.45) is 16.2 Å². The zero-order valence-corrected chi connectivity index (χ0v) is 18.6. The first kappa shape index (κ1) is 31.2. The van der Waals surface area contributed by atoms with E-state index in [1.165, 1.54) is 0 Å². The Morgan fingerprint density at radius 3 is 0.696 bits per heavy atom. The van der Waals surface area contributed by atoms with E-state index in [1.807, 2.05) is 62.3 Å². The van der Waals surface area contributed by atoms with Crippen LogP contribution in [0.25, 0.3) is 0 Å². The minimum atomic E-state index is 0.0278. The van der Waals surface area contributed by atoms with Gasteiger partial charge in [-0.3, -0.25) is 0 Å². The van der Waals surface area contributed by atoms with E-state index in [4.69, 9.17) is 0 Å². The normalized spacial score (nSPS) is 11.3. The van der Waals surface area contributed by atoms with Crippen LogP contribution >= 0.6 is 11.1 Å². The van der Waals surface area contributed by atoms with Crippen molar-refractivity contribution >= 4 is 20.6 Å². The summed E-state index contributed by atoms with van der Waals surface area (Å²) in [6.45, 7) is 18.2. The summed E-state index contributed by atoms with van der Waals surface area (Å²) in [5.41, 5.74) is 0.0833. The molecule has 0 heterocycles. The van der Waals surface area contributed by atoms with Crippen molar-refractivity contribution in [1.82, 2.24) is 0 Å². The number of hydrogen-bond donors (Lipinski definition) is 0. The molecule has 0 unspecified atom stereocenters. The third kappa shape index (κ3) is 27.5. The standard InChI is InChI=1S/3C6H13O.ClSi/c3*1-4-6(2,3)5-7;1-2/h3*4-5H2,1-3H3;/q3*-1;+3. The van der Waals surface area contributed by atoms with Gasteiger partial charge < -0.3 is 15.3 Å². The quantitative estimate of drug-likeness (QED) is 0.536. The molecule has 0 aromatic heterocycles. The monoisotopic (exact) mass is 366 g/mol. The van der Waals surface area contributed by atoms with Crippen molar-refractivity contribution in [3.05, 3.63) is 0 Å². The van der Waals surface area contributed by atoms with Crippen LogP contribution < -0.4 is 15.3 Å². The maximum absolute atomic E-state index is 10.2. The Bertz CT molecular complexity index is 176.